The van der Waals surface area contributed by atoms with Gasteiger partial charge in [-0.25, -0.2) is 0 Å². The molecule has 1 aliphatic carbocycles. The summed E-state index contributed by atoms with van der Waals surface area (Å²) in [5, 5.41) is 0. The van der Waals surface area contributed by atoms with E-state index in [-0.39, 0.29) is 24.4 Å². The summed E-state index contributed by atoms with van der Waals surface area (Å²) in [6.07, 6.45) is 5.46. The summed E-state index contributed by atoms with van der Waals surface area (Å²) in [4.78, 5) is 30.4. The highest BCUT2D eigenvalue weighted by molar-refractivity contribution is 5.95. The molecule has 0 unspecified atom stereocenters. The van der Waals surface area contributed by atoms with E-state index < -0.39 is 6.04 Å². The van der Waals surface area contributed by atoms with Crippen LogP contribution in [0.2, 0.25) is 0 Å². The molecule has 0 bridgehead atoms. The third-order valence-corrected chi connectivity index (χ3v) is 6.10. The van der Waals surface area contributed by atoms with Gasteiger partial charge in [0.15, 0.2) is 0 Å². The molecule has 1 saturated heterocycles. The summed E-state index contributed by atoms with van der Waals surface area (Å²) in [6.45, 7) is 0.615. The molecule has 1 heterocycles. The number of hydrogen-bond donors (Lipinski definition) is 0. The topological polar surface area (TPSA) is 49.9 Å². The largest absolute Gasteiger partial charge is 0.497 e. The summed E-state index contributed by atoms with van der Waals surface area (Å²) in [5.41, 5.74) is 1.86. The van der Waals surface area contributed by atoms with Crippen molar-refractivity contribution in [2.24, 2.45) is 0 Å². The van der Waals surface area contributed by atoms with Crippen LogP contribution in [0.15, 0.2) is 54.6 Å². The molecule has 1 aliphatic heterocycles. The third kappa shape index (κ3) is 4.14. The molecule has 2 fully saturated rings. The summed E-state index contributed by atoms with van der Waals surface area (Å²) in [7, 11) is 1.62. The van der Waals surface area contributed by atoms with E-state index in [0.29, 0.717) is 6.54 Å². The smallest absolute Gasteiger partial charge is 0.250 e. The van der Waals surface area contributed by atoms with Gasteiger partial charge < -0.3 is 14.5 Å². The predicted octanol–water partition coefficient (Wildman–Crippen LogP) is 3.94. The van der Waals surface area contributed by atoms with Gasteiger partial charge in [0.25, 0.3) is 5.91 Å². The molecule has 2 aromatic rings. The lowest BCUT2D eigenvalue weighted by atomic mass is 9.91. The van der Waals surface area contributed by atoms with Gasteiger partial charge in [-0.2, -0.15) is 0 Å². The Bertz CT molecular complexity index is 844. The summed E-state index contributed by atoms with van der Waals surface area (Å²) in [6, 6.07) is 17.0. The fourth-order valence-corrected chi connectivity index (χ4v) is 4.52. The van der Waals surface area contributed by atoms with Crippen molar-refractivity contribution in [2.45, 2.75) is 50.7 Å². The fourth-order valence-electron chi connectivity index (χ4n) is 4.52. The van der Waals surface area contributed by atoms with Crippen molar-refractivity contribution < 1.29 is 14.3 Å². The van der Waals surface area contributed by atoms with Crippen molar-refractivity contribution >= 4 is 11.8 Å². The van der Waals surface area contributed by atoms with Gasteiger partial charge in [0.1, 0.15) is 18.3 Å². The Morgan fingerprint density at radius 3 is 2.28 bits per heavy atom. The number of rotatable bonds is 5. The van der Waals surface area contributed by atoms with E-state index >= 15 is 0 Å². The number of ether oxygens (including phenoxy) is 1. The van der Waals surface area contributed by atoms with Gasteiger partial charge in [-0.15, -0.1) is 0 Å². The van der Waals surface area contributed by atoms with Crippen LogP contribution >= 0.6 is 0 Å². The first-order valence-corrected chi connectivity index (χ1v) is 10.4. The second kappa shape index (κ2) is 8.68. The van der Waals surface area contributed by atoms with Crippen LogP contribution < -0.4 is 4.74 Å². The molecule has 2 aliphatic rings. The molecule has 2 amide bonds. The third-order valence-electron chi connectivity index (χ3n) is 6.10. The van der Waals surface area contributed by atoms with Gasteiger partial charge in [-0.05, 0) is 36.1 Å². The lowest BCUT2D eigenvalue weighted by Crippen LogP contribution is -2.58. The fraction of sp³-hybridized carbons (Fsp3) is 0.417. The van der Waals surface area contributed by atoms with Gasteiger partial charge in [0, 0.05) is 12.6 Å². The maximum atomic E-state index is 13.6. The number of benzene rings is 2. The van der Waals surface area contributed by atoms with Crippen molar-refractivity contribution in [1.29, 1.82) is 0 Å². The van der Waals surface area contributed by atoms with Crippen LogP contribution in [0.25, 0.3) is 0 Å². The molecule has 0 N–H and O–H groups in total. The van der Waals surface area contributed by atoms with E-state index in [1.165, 1.54) is 6.42 Å². The van der Waals surface area contributed by atoms with Crippen molar-refractivity contribution in [2.75, 3.05) is 13.7 Å². The van der Waals surface area contributed by atoms with E-state index in [0.717, 1.165) is 42.6 Å². The molecule has 5 heteroatoms. The SMILES string of the molecule is COc1ccc([C@H]2C(=O)N(C3CCCCC3)CC(=O)N2Cc2ccccc2)cc1. The second-order valence-corrected chi connectivity index (χ2v) is 7.94. The molecule has 0 radical (unpaired) electrons. The van der Waals surface area contributed by atoms with Crippen LogP contribution in [0.3, 0.4) is 0 Å². The number of piperazine rings is 1. The standard InChI is InChI=1S/C24H28N2O3/c1-29-21-14-12-19(13-15-21)23-24(28)25(20-10-6-3-7-11-20)17-22(27)26(23)16-18-8-4-2-5-9-18/h2,4-5,8-9,12-15,20,23H,3,6-7,10-11,16-17H2,1H3/t23-/m0/s1. The van der Waals surface area contributed by atoms with Gasteiger partial charge >= 0.3 is 0 Å². The minimum absolute atomic E-state index is 0.0137. The monoisotopic (exact) mass is 392 g/mol. The first kappa shape index (κ1) is 19.5. The van der Waals surface area contributed by atoms with Crippen LogP contribution in [0, 0.1) is 0 Å². The number of amides is 2. The highest BCUT2D eigenvalue weighted by Gasteiger charge is 2.42. The van der Waals surface area contributed by atoms with E-state index in [1.54, 1.807) is 12.0 Å². The van der Waals surface area contributed by atoms with Gasteiger partial charge in [-0.3, -0.25) is 9.59 Å². The number of hydrogen-bond acceptors (Lipinski definition) is 3. The van der Waals surface area contributed by atoms with E-state index in [1.807, 2.05) is 59.5 Å². The van der Waals surface area contributed by atoms with Crippen LogP contribution in [-0.2, 0) is 16.1 Å². The molecule has 152 valence electrons. The lowest BCUT2D eigenvalue weighted by Gasteiger charge is -2.44. The van der Waals surface area contributed by atoms with Crippen LogP contribution in [0.5, 0.6) is 5.75 Å². The summed E-state index contributed by atoms with van der Waals surface area (Å²) in [5.74, 6) is 0.791. The molecule has 5 nitrogen and oxygen atoms in total. The van der Waals surface area contributed by atoms with Crippen molar-refractivity contribution in [3.63, 3.8) is 0 Å². The van der Waals surface area contributed by atoms with Gasteiger partial charge in [0.2, 0.25) is 5.91 Å². The number of nitrogens with zero attached hydrogens (tertiary/aromatic N) is 2. The Balaban J connectivity index is 1.67. The Hall–Kier alpha value is -2.82. The molecule has 1 saturated carbocycles. The number of carbonyl (C=O) groups excluding carboxylic acids is 2. The molecule has 0 aromatic heterocycles. The maximum absolute atomic E-state index is 13.6. The Labute approximate surface area is 172 Å². The van der Waals surface area contributed by atoms with Crippen molar-refractivity contribution in [3.8, 4) is 5.75 Å². The van der Waals surface area contributed by atoms with E-state index in [4.69, 9.17) is 4.74 Å². The van der Waals surface area contributed by atoms with Gasteiger partial charge in [0.05, 0.1) is 7.11 Å². The Kier molecular flexibility index (Phi) is 5.84. The quantitative estimate of drug-likeness (QED) is 0.774. The zero-order valence-electron chi connectivity index (χ0n) is 16.9. The summed E-state index contributed by atoms with van der Waals surface area (Å²) >= 11 is 0. The molecule has 29 heavy (non-hydrogen) atoms. The molecule has 4 rings (SSSR count). The Morgan fingerprint density at radius 1 is 0.931 bits per heavy atom. The average Bonchev–Trinajstić information content (AvgIpc) is 2.78. The number of carbonyl (C=O) groups is 2. The minimum atomic E-state index is -0.593. The average molecular weight is 392 g/mol. The molecule has 1 atom stereocenters. The first-order chi connectivity index (χ1) is 14.2. The lowest BCUT2D eigenvalue weighted by molar-refractivity contribution is -0.160. The molecule has 0 spiro atoms. The normalized spacial score (nSPS) is 20.8. The Morgan fingerprint density at radius 2 is 1.62 bits per heavy atom. The van der Waals surface area contributed by atoms with Crippen molar-refractivity contribution in [3.05, 3.63) is 65.7 Å². The predicted molar refractivity (Wildman–Crippen MR) is 111 cm³/mol. The molecular formula is C24H28N2O3. The van der Waals surface area contributed by atoms with E-state index in [9.17, 15) is 9.59 Å². The zero-order valence-corrected chi connectivity index (χ0v) is 16.9. The van der Waals surface area contributed by atoms with Crippen molar-refractivity contribution in [1.82, 2.24) is 9.80 Å². The summed E-state index contributed by atoms with van der Waals surface area (Å²) < 4.78 is 5.27. The second-order valence-electron chi connectivity index (χ2n) is 7.94. The maximum Gasteiger partial charge on any atom is 0.250 e. The van der Waals surface area contributed by atoms with Crippen LogP contribution in [-0.4, -0.2) is 41.3 Å². The van der Waals surface area contributed by atoms with Gasteiger partial charge in [-0.1, -0.05) is 61.7 Å². The van der Waals surface area contributed by atoms with E-state index in [2.05, 4.69) is 0 Å². The zero-order chi connectivity index (χ0) is 20.2. The first-order valence-electron chi connectivity index (χ1n) is 10.4. The highest BCUT2D eigenvalue weighted by Crippen LogP contribution is 2.34. The van der Waals surface area contributed by atoms with Crippen LogP contribution in [0.1, 0.15) is 49.3 Å². The minimum Gasteiger partial charge on any atom is -0.497 e. The van der Waals surface area contributed by atoms with Crippen LogP contribution in [0.4, 0.5) is 0 Å². The number of methoxy groups -OCH3 is 1. The molecular weight excluding hydrogens is 364 g/mol. The molecule has 2 aromatic carbocycles. The highest BCUT2D eigenvalue weighted by atomic mass is 16.5.